The lowest BCUT2D eigenvalue weighted by Crippen LogP contribution is -2.37. The number of nitrogens with zero attached hydrogens (tertiary/aromatic N) is 4. The van der Waals surface area contributed by atoms with Crippen LogP contribution in [0.5, 0.6) is 0 Å². The van der Waals surface area contributed by atoms with E-state index in [2.05, 4.69) is 15.4 Å². The monoisotopic (exact) mass is 220 g/mol. The second kappa shape index (κ2) is 4.74. The van der Waals surface area contributed by atoms with E-state index in [1.807, 2.05) is 11.0 Å². The van der Waals surface area contributed by atoms with Gasteiger partial charge in [0.25, 0.3) is 0 Å². The van der Waals surface area contributed by atoms with Crippen molar-refractivity contribution in [1.82, 2.24) is 9.97 Å². The Hall–Kier alpha value is -1.91. The van der Waals surface area contributed by atoms with Gasteiger partial charge in [-0.15, -0.1) is 0 Å². The number of hydrazine groups is 1. The number of hydrogen-bond acceptors (Lipinski definition) is 7. The third-order valence-electron chi connectivity index (χ3n) is 2.29. The van der Waals surface area contributed by atoms with Crippen LogP contribution in [0.25, 0.3) is 0 Å². The smallest absolute Gasteiger partial charge is 0.240 e. The summed E-state index contributed by atoms with van der Waals surface area (Å²) in [5.41, 5.74) is 2.65. The standard InChI is InChI=1S/C9H12N6O/c10-6-7-5-8(13-9(12-7)14-11)15-1-3-16-4-2-15/h5H,1-4,11H2,(H,12,13,14). The van der Waals surface area contributed by atoms with E-state index in [0.29, 0.717) is 24.7 Å². The number of nitrogens with two attached hydrogens (primary N) is 1. The van der Waals surface area contributed by atoms with Gasteiger partial charge in [-0.1, -0.05) is 0 Å². The SMILES string of the molecule is N#Cc1cc(N2CCOCC2)nc(NN)n1. The molecule has 3 N–H and O–H groups in total. The highest BCUT2D eigenvalue weighted by molar-refractivity contribution is 5.47. The fraction of sp³-hybridized carbons (Fsp3) is 0.444. The molecule has 1 saturated heterocycles. The number of aromatic nitrogens is 2. The molecule has 1 aliphatic heterocycles. The van der Waals surface area contributed by atoms with E-state index in [1.165, 1.54) is 0 Å². The number of nitrogen functional groups attached to an aromatic ring is 1. The highest BCUT2D eigenvalue weighted by atomic mass is 16.5. The van der Waals surface area contributed by atoms with Crippen LogP contribution in [0.1, 0.15) is 5.69 Å². The van der Waals surface area contributed by atoms with E-state index in [-0.39, 0.29) is 5.95 Å². The Balaban J connectivity index is 2.28. The van der Waals surface area contributed by atoms with Crippen LogP contribution < -0.4 is 16.2 Å². The van der Waals surface area contributed by atoms with Crippen LogP contribution in [-0.4, -0.2) is 36.3 Å². The number of hydrogen-bond donors (Lipinski definition) is 2. The summed E-state index contributed by atoms with van der Waals surface area (Å²) < 4.78 is 5.24. The zero-order valence-corrected chi connectivity index (χ0v) is 8.68. The summed E-state index contributed by atoms with van der Waals surface area (Å²) in [4.78, 5) is 10.1. The highest BCUT2D eigenvalue weighted by Gasteiger charge is 2.14. The topological polar surface area (TPSA) is 100 Å². The van der Waals surface area contributed by atoms with Gasteiger partial charge in [0.15, 0.2) is 0 Å². The van der Waals surface area contributed by atoms with Crippen LogP contribution in [0.2, 0.25) is 0 Å². The van der Waals surface area contributed by atoms with Gasteiger partial charge in [-0.2, -0.15) is 10.2 Å². The average molecular weight is 220 g/mol. The lowest BCUT2D eigenvalue weighted by atomic mass is 10.3. The molecule has 7 nitrogen and oxygen atoms in total. The maximum absolute atomic E-state index is 8.83. The van der Waals surface area contributed by atoms with Crippen molar-refractivity contribution in [2.24, 2.45) is 5.84 Å². The Kier molecular flexibility index (Phi) is 3.14. The molecule has 1 fully saturated rings. The minimum Gasteiger partial charge on any atom is -0.378 e. The first-order chi connectivity index (χ1) is 7.83. The van der Waals surface area contributed by atoms with Crippen molar-refractivity contribution >= 4 is 11.8 Å². The van der Waals surface area contributed by atoms with Crippen molar-refractivity contribution in [3.63, 3.8) is 0 Å². The minimum absolute atomic E-state index is 0.251. The lowest BCUT2D eigenvalue weighted by Gasteiger charge is -2.27. The van der Waals surface area contributed by atoms with E-state index in [1.54, 1.807) is 6.07 Å². The predicted octanol–water partition coefficient (Wildman–Crippen LogP) is -0.530. The third kappa shape index (κ3) is 2.18. The van der Waals surface area contributed by atoms with Crippen LogP contribution in [0.15, 0.2) is 6.07 Å². The van der Waals surface area contributed by atoms with E-state index < -0.39 is 0 Å². The van der Waals surface area contributed by atoms with Crippen molar-refractivity contribution in [3.8, 4) is 6.07 Å². The molecule has 1 aliphatic rings. The Morgan fingerprint density at radius 1 is 1.44 bits per heavy atom. The number of nitriles is 1. The molecule has 1 aromatic heterocycles. The van der Waals surface area contributed by atoms with Crippen molar-refractivity contribution in [2.75, 3.05) is 36.6 Å². The molecule has 0 radical (unpaired) electrons. The Labute approximate surface area is 92.8 Å². The fourth-order valence-corrected chi connectivity index (χ4v) is 1.51. The summed E-state index contributed by atoms with van der Waals surface area (Å²) in [6, 6.07) is 3.62. The molecule has 16 heavy (non-hydrogen) atoms. The first kappa shape index (κ1) is 10.6. The van der Waals surface area contributed by atoms with E-state index in [4.69, 9.17) is 15.8 Å². The van der Waals surface area contributed by atoms with E-state index in [9.17, 15) is 0 Å². The molecule has 84 valence electrons. The average Bonchev–Trinajstić information content (AvgIpc) is 2.39. The first-order valence-corrected chi connectivity index (χ1v) is 4.92. The Morgan fingerprint density at radius 2 is 2.19 bits per heavy atom. The van der Waals surface area contributed by atoms with Gasteiger partial charge in [-0.25, -0.2) is 10.8 Å². The molecule has 0 saturated carbocycles. The molecule has 1 aromatic rings. The molecule has 2 heterocycles. The van der Waals surface area contributed by atoms with Gasteiger partial charge in [0, 0.05) is 19.2 Å². The van der Waals surface area contributed by atoms with Gasteiger partial charge in [-0.3, -0.25) is 5.43 Å². The second-order valence-electron chi connectivity index (χ2n) is 3.29. The predicted molar refractivity (Wildman–Crippen MR) is 57.6 cm³/mol. The number of ether oxygens (including phenoxy) is 1. The van der Waals surface area contributed by atoms with Crippen LogP contribution in [-0.2, 0) is 4.74 Å². The molecular weight excluding hydrogens is 208 g/mol. The Bertz CT molecular complexity index is 409. The minimum atomic E-state index is 0.251. The molecule has 0 aliphatic carbocycles. The van der Waals surface area contributed by atoms with Gasteiger partial charge in [0.1, 0.15) is 17.6 Å². The summed E-state index contributed by atoms with van der Waals surface area (Å²) >= 11 is 0. The third-order valence-corrected chi connectivity index (χ3v) is 2.29. The molecule has 2 rings (SSSR count). The molecule has 0 unspecified atom stereocenters. The molecule has 0 aromatic carbocycles. The maximum atomic E-state index is 8.83. The zero-order chi connectivity index (χ0) is 11.4. The maximum Gasteiger partial charge on any atom is 0.240 e. The summed E-state index contributed by atoms with van der Waals surface area (Å²) in [5.74, 6) is 6.19. The van der Waals surface area contributed by atoms with Gasteiger partial charge in [0.05, 0.1) is 13.2 Å². The van der Waals surface area contributed by atoms with Gasteiger partial charge < -0.3 is 9.64 Å². The highest BCUT2D eigenvalue weighted by Crippen LogP contribution is 2.15. The van der Waals surface area contributed by atoms with Crippen LogP contribution >= 0.6 is 0 Å². The Morgan fingerprint density at radius 3 is 2.81 bits per heavy atom. The normalized spacial score (nSPS) is 15.6. The molecule has 0 bridgehead atoms. The number of rotatable bonds is 2. The second-order valence-corrected chi connectivity index (χ2v) is 3.29. The number of morpholine rings is 1. The first-order valence-electron chi connectivity index (χ1n) is 4.92. The fourth-order valence-electron chi connectivity index (χ4n) is 1.51. The van der Waals surface area contributed by atoms with Crippen LogP contribution in [0.4, 0.5) is 11.8 Å². The van der Waals surface area contributed by atoms with Gasteiger partial charge >= 0.3 is 0 Å². The number of anilines is 2. The largest absolute Gasteiger partial charge is 0.378 e. The molecular formula is C9H12N6O. The van der Waals surface area contributed by atoms with E-state index >= 15 is 0 Å². The van der Waals surface area contributed by atoms with Crippen molar-refractivity contribution < 1.29 is 4.74 Å². The summed E-state index contributed by atoms with van der Waals surface area (Å²) in [7, 11) is 0. The quantitative estimate of drug-likeness (QED) is 0.510. The molecule has 0 spiro atoms. The number of nitrogens with one attached hydrogen (secondary N) is 1. The van der Waals surface area contributed by atoms with Crippen molar-refractivity contribution in [2.45, 2.75) is 0 Å². The molecule has 7 heteroatoms. The summed E-state index contributed by atoms with van der Waals surface area (Å²) in [5, 5.41) is 8.83. The summed E-state index contributed by atoms with van der Waals surface area (Å²) in [6.45, 7) is 2.84. The molecule has 0 atom stereocenters. The van der Waals surface area contributed by atoms with Gasteiger partial charge in [-0.05, 0) is 0 Å². The zero-order valence-electron chi connectivity index (χ0n) is 8.68. The van der Waals surface area contributed by atoms with E-state index in [0.717, 1.165) is 13.1 Å². The summed E-state index contributed by atoms with van der Waals surface area (Å²) in [6.07, 6.45) is 0. The van der Waals surface area contributed by atoms with Crippen molar-refractivity contribution in [1.29, 1.82) is 5.26 Å². The van der Waals surface area contributed by atoms with Crippen LogP contribution in [0.3, 0.4) is 0 Å². The van der Waals surface area contributed by atoms with Crippen LogP contribution in [0, 0.1) is 11.3 Å². The van der Waals surface area contributed by atoms with Gasteiger partial charge in [0.2, 0.25) is 5.95 Å². The molecule has 0 amide bonds. The lowest BCUT2D eigenvalue weighted by molar-refractivity contribution is 0.122. The van der Waals surface area contributed by atoms with Crippen molar-refractivity contribution in [3.05, 3.63) is 11.8 Å².